The molecule has 0 atom stereocenters. The summed E-state index contributed by atoms with van der Waals surface area (Å²) < 4.78 is 0. The highest BCUT2D eigenvalue weighted by molar-refractivity contribution is 6.35. The van der Waals surface area contributed by atoms with Crippen molar-refractivity contribution < 1.29 is 5.11 Å². The molecule has 2 rings (SSSR count). The third kappa shape index (κ3) is 2.87. The summed E-state index contributed by atoms with van der Waals surface area (Å²) in [6.07, 6.45) is 0.303. The summed E-state index contributed by atoms with van der Waals surface area (Å²) in [5.74, 6) is 0.842. The van der Waals surface area contributed by atoms with Gasteiger partial charge in [-0.2, -0.15) is 9.97 Å². The molecule has 18 heavy (non-hydrogen) atoms. The van der Waals surface area contributed by atoms with Gasteiger partial charge in [-0.05, 0) is 18.2 Å². The minimum Gasteiger partial charge on any atom is -0.396 e. The molecule has 0 unspecified atom stereocenters. The van der Waals surface area contributed by atoms with E-state index in [1.807, 2.05) is 0 Å². The van der Waals surface area contributed by atoms with Gasteiger partial charge < -0.3 is 10.8 Å². The largest absolute Gasteiger partial charge is 0.396 e. The second-order valence-electron chi connectivity index (χ2n) is 3.53. The number of nitrogen functional groups attached to an aromatic ring is 1. The quantitative estimate of drug-likeness (QED) is 0.900. The van der Waals surface area contributed by atoms with Gasteiger partial charge in [0.2, 0.25) is 5.95 Å². The average Bonchev–Trinajstić information content (AvgIpc) is 2.32. The lowest BCUT2D eigenvalue weighted by atomic mass is 10.2. The SMILES string of the molecule is Nc1nc(CCO)nc(-c2cc(Cl)ccc2Cl)n1. The maximum atomic E-state index is 8.88. The third-order valence-corrected chi connectivity index (χ3v) is 2.77. The van der Waals surface area contributed by atoms with Crippen LogP contribution in [0.3, 0.4) is 0 Å². The van der Waals surface area contributed by atoms with Crippen molar-refractivity contribution in [3.8, 4) is 11.4 Å². The Morgan fingerprint density at radius 2 is 1.94 bits per heavy atom. The van der Waals surface area contributed by atoms with E-state index in [2.05, 4.69) is 15.0 Å². The van der Waals surface area contributed by atoms with Gasteiger partial charge in [0.25, 0.3) is 0 Å². The zero-order chi connectivity index (χ0) is 13.1. The molecule has 0 radical (unpaired) electrons. The van der Waals surface area contributed by atoms with Crippen LogP contribution in [0.2, 0.25) is 10.0 Å². The van der Waals surface area contributed by atoms with Crippen LogP contribution < -0.4 is 5.73 Å². The van der Waals surface area contributed by atoms with Gasteiger partial charge in [-0.15, -0.1) is 0 Å². The standard InChI is InChI=1S/C11H10Cl2N4O/c12-6-1-2-8(13)7(5-6)10-15-9(3-4-18)16-11(14)17-10/h1-2,5,18H,3-4H2,(H2,14,15,16,17). The van der Waals surface area contributed by atoms with Crippen LogP contribution in [-0.2, 0) is 6.42 Å². The Hall–Kier alpha value is -1.43. The summed E-state index contributed by atoms with van der Waals surface area (Å²) in [7, 11) is 0. The van der Waals surface area contributed by atoms with E-state index >= 15 is 0 Å². The molecule has 7 heteroatoms. The number of hydrogen-bond donors (Lipinski definition) is 2. The summed E-state index contributed by atoms with van der Waals surface area (Å²) in [5.41, 5.74) is 6.18. The fraction of sp³-hybridized carbons (Fsp3) is 0.182. The lowest BCUT2D eigenvalue weighted by Crippen LogP contribution is -2.06. The summed E-state index contributed by atoms with van der Waals surface area (Å²) in [5, 5.41) is 9.88. The van der Waals surface area contributed by atoms with Gasteiger partial charge in [0.15, 0.2) is 5.82 Å². The first-order chi connectivity index (χ1) is 8.60. The monoisotopic (exact) mass is 284 g/mol. The molecule has 0 aliphatic carbocycles. The van der Waals surface area contributed by atoms with Crippen LogP contribution in [-0.4, -0.2) is 26.7 Å². The molecule has 0 aliphatic heterocycles. The van der Waals surface area contributed by atoms with Crippen LogP contribution in [0.1, 0.15) is 5.82 Å². The van der Waals surface area contributed by atoms with E-state index in [1.54, 1.807) is 18.2 Å². The minimum absolute atomic E-state index is 0.0633. The molecule has 0 bridgehead atoms. The van der Waals surface area contributed by atoms with Crippen LogP contribution in [0, 0.1) is 0 Å². The van der Waals surface area contributed by atoms with Crippen molar-refractivity contribution in [3.05, 3.63) is 34.1 Å². The number of rotatable bonds is 3. The normalized spacial score (nSPS) is 10.6. The Morgan fingerprint density at radius 1 is 1.17 bits per heavy atom. The fourth-order valence-electron chi connectivity index (χ4n) is 1.44. The average molecular weight is 285 g/mol. The molecule has 94 valence electrons. The maximum Gasteiger partial charge on any atom is 0.223 e. The first-order valence-corrected chi connectivity index (χ1v) is 5.92. The molecule has 0 amide bonds. The predicted octanol–water partition coefficient (Wildman–Crippen LogP) is 1.96. The van der Waals surface area contributed by atoms with Crippen molar-refractivity contribution >= 4 is 29.2 Å². The van der Waals surface area contributed by atoms with E-state index in [9.17, 15) is 0 Å². The Balaban J connectivity index is 2.52. The van der Waals surface area contributed by atoms with Crippen LogP contribution in [0.25, 0.3) is 11.4 Å². The van der Waals surface area contributed by atoms with Crippen molar-refractivity contribution in [2.75, 3.05) is 12.3 Å². The molecule has 0 fully saturated rings. The molecule has 0 spiro atoms. The van der Waals surface area contributed by atoms with E-state index in [1.165, 1.54) is 0 Å². The highest BCUT2D eigenvalue weighted by Crippen LogP contribution is 2.28. The molecule has 1 aromatic heterocycles. The lowest BCUT2D eigenvalue weighted by Gasteiger charge is -2.06. The van der Waals surface area contributed by atoms with Gasteiger partial charge in [-0.1, -0.05) is 23.2 Å². The summed E-state index contributed by atoms with van der Waals surface area (Å²) in [4.78, 5) is 12.1. The van der Waals surface area contributed by atoms with E-state index in [-0.39, 0.29) is 12.6 Å². The first-order valence-electron chi connectivity index (χ1n) is 5.17. The molecular formula is C11H10Cl2N4O. The third-order valence-electron chi connectivity index (χ3n) is 2.20. The van der Waals surface area contributed by atoms with E-state index in [0.717, 1.165) is 0 Å². The van der Waals surface area contributed by atoms with Gasteiger partial charge >= 0.3 is 0 Å². The number of halogens is 2. The van der Waals surface area contributed by atoms with E-state index < -0.39 is 0 Å². The number of aromatic nitrogens is 3. The Morgan fingerprint density at radius 3 is 2.67 bits per heavy atom. The van der Waals surface area contributed by atoms with Crippen LogP contribution >= 0.6 is 23.2 Å². The molecular weight excluding hydrogens is 275 g/mol. The summed E-state index contributed by atoms with van der Waals surface area (Å²) >= 11 is 12.0. The Kier molecular flexibility index (Phi) is 3.96. The highest BCUT2D eigenvalue weighted by Gasteiger charge is 2.10. The van der Waals surface area contributed by atoms with Gasteiger partial charge in [-0.25, -0.2) is 4.98 Å². The fourth-order valence-corrected chi connectivity index (χ4v) is 1.81. The molecule has 1 aromatic carbocycles. The minimum atomic E-state index is -0.0633. The Labute approximate surface area is 114 Å². The van der Waals surface area contributed by atoms with Crippen LogP contribution in [0.4, 0.5) is 5.95 Å². The molecule has 2 aromatic rings. The van der Waals surface area contributed by atoms with Crippen molar-refractivity contribution in [3.63, 3.8) is 0 Å². The number of hydrogen-bond acceptors (Lipinski definition) is 5. The number of nitrogens with two attached hydrogens (primary N) is 1. The predicted molar refractivity (Wildman–Crippen MR) is 70.5 cm³/mol. The molecule has 3 N–H and O–H groups in total. The van der Waals surface area contributed by atoms with Crippen LogP contribution in [0.5, 0.6) is 0 Å². The molecule has 5 nitrogen and oxygen atoms in total. The number of aliphatic hydroxyl groups excluding tert-OH is 1. The number of anilines is 1. The first kappa shape index (κ1) is 13.0. The van der Waals surface area contributed by atoms with Crippen molar-refractivity contribution in [2.45, 2.75) is 6.42 Å². The van der Waals surface area contributed by atoms with Crippen molar-refractivity contribution in [1.29, 1.82) is 0 Å². The summed E-state index contributed by atoms with van der Waals surface area (Å²) in [6.45, 7) is -0.0633. The number of nitrogens with zero attached hydrogens (tertiary/aromatic N) is 3. The topological polar surface area (TPSA) is 84.9 Å². The second-order valence-corrected chi connectivity index (χ2v) is 4.37. The molecule has 0 saturated carbocycles. The summed E-state index contributed by atoms with van der Waals surface area (Å²) in [6, 6.07) is 4.98. The number of aliphatic hydroxyl groups is 1. The second kappa shape index (κ2) is 5.48. The van der Waals surface area contributed by atoms with Gasteiger partial charge in [-0.3, -0.25) is 0 Å². The van der Waals surface area contributed by atoms with E-state index in [4.69, 9.17) is 34.0 Å². The van der Waals surface area contributed by atoms with Crippen molar-refractivity contribution in [1.82, 2.24) is 15.0 Å². The van der Waals surface area contributed by atoms with Gasteiger partial charge in [0, 0.05) is 17.0 Å². The number of benzene rings is 1. The molecule has 0 saturated heterocycles. The molecule has 0 aliphatic rings. The lowest BCUT2D eigenvalue weighted by molar-refractivity contribution is 0.296. The van der Waals surface area contributed by atoms with Crippen LogP contribution in [0.15, 0.2) is 18.2 Å². The smallest absolute Gasteiger partial charge is 0.223 e. The molecule has 1 heterocycles. The highest BCUT2D eigenvalue weighted by atomic mass is 35.5. The van der Waals surface area contributed by atoms with E-state index in [0.29, 0.717) is 33.7 Å². The van der Waals surface area contributed by atoms with Crippen molar-refractivity contribution in [2.24, 2.45) is 0 Å². The van der Waals surface area contributed by atoms with Gasteiger partial charge in [0.1, 0.15) is 5.82 Å². The van der Waals surface area contributed by atoms with Gasteiger partial charge in [0.05, 0.1) is 11.6 Å². The maximum absolute atomic E-state index is 8.88. The zero-order valence-electron chi connectivity index (χ0n) is 9.27. The Bertz CT molecular complexity index is 577. The zero-order valence-corrected chi connectivity index (χ0v) is 10.8.